The Bertz CT molecular complexity index is 750. The average molecular weight is 377 g/mol. The van der Waals surface area contributed by atoms with E-state index in [1.807, 2.05) is 32.0 Å². The van der Waals surface area contributed by atoms with Crippen molar-refractivity contribution in [1.29, 1.82) is 0 Å². The number of aryl methyl sites for hydroxylation is 1. The van der Waals surface area contributed by atoms with Crippen LogP contribution in [0, 0.1) is 0 Å². The summed E-state index contributed by atoms with van der Waals surface area (Å²) in [5.41, 5.74) is 0.851. The molecule has 0 saturated carbocycles. The number of nitrogens with one attached hydrogen (secondary N) is 1. The first kappa shape index (κ1) is 20.4. The van der Waals surface area contributed by atoms with Crippen molar-refractivity contribution in [3.8, 4) is 0 Å². The van der Waals surface area contributed by atoms with Crippen LogP contribution >= 0.6 is 11.6 Å². The first-order valence-electron chi connectivity index (χ1n) is 9.48. The number of halogens is 1. The van der Waals surface area contributed by atoms with E-state index in [9.17, 15) is 4.79 Å². The summed E-state index contributed by atoms with van der Waals surface area (Å²) in [5.74, 6) is 1.76. The van der Waals surface area contributed by atoms with Gasteiger partial charge >= 0.3 is 0 Å². The summed E-state index contributed by atoms with van der Waals surface area (Å²) in [7, 11) is 0. The highest BCUT2D eigenvalue weighted by molar-refractivity contribution is 6.31. The van der Waals surface area contributed by atoms with Gasteiger partial charge in [0, 0.05) is 42.4 Å². The van der Waals surface area contributed by atoms with Gasteiger partial charge in [0.2, 0.25) is 5.91 Å². The van der Waals surface area contributed by atoms with Gasteiger partial charge in [0.25, 0.3) is 0 Å². The Morgan fingerprint density at radius 2 is 2.00 bits per heavy atom. The number of hydrogen-bond acceptors (Lipinski definition) is 4. The van der Waals surface area contributed by atoms with Gasteiger partial charge in [0.05, 0.1) is 5.52 Å². The lowest BCUT2D eigenvalue weighted by Gasteiger charge is -2.25. The van der Waals surface area contributed by atoms with Crippen molar-refractivity contribution in [3.05, 3.63) is 29.0 Å². The van der Waals surface area contributed by atoms with Gasteiger partial charge in [0.15, 0.2) is 0 Å². The Balaban J connectivity index is 2.29. The van der Waals surface area contributed by atoms with Crippen molar-refractivity contribution in [2.45, 2.75) is 59.4 Å². The molecule has 0 aliphatic carbocycles. The molecule has 1 aromatic carbocycles. The lowest BCUT2D eigenvalue weighted by molar-refractivity contribution is -0.121. The highest BCUT2D eigenvalue weighted by Crippen LogP contribution is 2.27. The van der Waals surface area contributed by atoms with Crippen LogP contribution in [0.1, 0.15) is 52.8 Å². The van der Waals surface area contributed by atoms with E-state index >= 15 is 0 Å². The van der Waals surface area contributed by atoms with Gasteiger partial charge in [-0.1, -0.05) is 32.4 Å². The van der Waals surface area contributed by atoms with Crippen LogP contribution in [0.15, 0.2) is 18.2 Å². The molecule has 0 spiro atoms. The molecule has 5 nitrogen and oxygen atoms in total. The molecule has 2 aromatic rings. The number of carbonyl (C=O) groups is 1. The van der Waals surface area contributed by atoms with E-state index in [4.69, 9.17) is 16.6 Å². The number of aromatic nitrogens is 2. The molecule has 1 heterocycles. The molecule has 26 heavy (non-hydrogen) atoms. The standard InChI is InChI=1S/C20H29ClN4O/c1-5-11-25(12-10-19(26)22-14(4)6-2)20-16-9-8-15(21)13-17(16)23-18(7-3)24-20/h8-9,13-14H,5-7,10-12H2,1-4H3,(H,22,26)/t14-/m1/s1. The predicted octanol–water partition coefficient (Wildman–Crippen LogP) is 4.37. The second-order valence-corrected chi connectivity index (χ2v) is 7.03. The Morgan fingerprint density at radius 1 is 1.23 bits per heavy atom. The molecule has 0 aliphatic rings. The number of fused-ring (bicyclic) bond motifs is 1. The SMILES string of the molecule is CCCN(CCC(=O)N[C@H](C)CC)c1nc(CC)nc2cc(Cl)ccc12. The average Bonchev–Trinajstić information content (AvgIpc) is 2.63. The summed E-state index contributed by atoms with van der Waals surface area (Å²) >= 11 is 6.15. The number of amides is 1. The smallest absolute Gasteiger partial charge is 0.221 e. The monoisotopic (exact) mass is 376 g/mol. The molecule has 1 aromatic heterocycles. The Labute approximate surface area is 161 Å². The van der Waals surface area contributed by atoms with E-state index in [-0.39, 0.29) is 11.9 Å². The molecule has 6 heteroatoms. The largest absolute Gasteiger partial charge is 0.355 e. The summed E-state index contributed by atoms with van der Waals surface area (Å²) in [6.07, 6.45) is 3.11. The maximum Gasteiger partial charge on any atom is 0.221 e. The number of anilines is 1. The van der Waals surface area contributed by atoms with E-state index in [1.54, 1.807) is 0 Å². The van der Waals surface area contributed by atoms with E-state index in [0.29, 0.717) is 18.0 Å². The van der Waals surface area contributed by atoms with Gasteiger partial charge < -0.3 is 10.2 Å². The minimum Gasteiger partial charge on any atom is -0.355 e. The molecule has 0 unspecified atom stereocenters. The summed E-state index contributed by atoms with van der Waals surface area (Å²) in [5, 5.41) is 4.67. The van der Waals surface area contributed by atoms with Crippen molar-refractivity contribution in [2.75, 3.05) is 18.0 Å². The van der Waals surface area contributed by atoms with Crippen molar-refractivity contribution in [1.82, 2.24) is 15.3 Å². The molecule has 1 atom stereocenters. The zero-order valence-electron chi connectivity index (χ0n) is 16.2. The fourth-order valence-corrected chi connectivity index (χ4v) is 2.98. The topological polar surface area (TPSA) is 58.1 Å². The zero-order chi connectivity index (χ0) is 19.1. The van der Waals surface area contributed by atoms with Gasteiger partial charge in [-0.15, -0.1) is 0 Å². The maximum atomic E-state index is 12.2. The molecule has 142 valence electrons. The quantitative estimate of drug-likeness (QED) is 0.706. The third-order valence-corrected chi connectivity index (χ3v) is 4.66. The second-order valence-electron chi connectivity index (χ2n) is 6.59. The van der Waals surface area contributed by atoms with Crippen LogP contribution < -0.4 is 10.2 Å². The predicted molar refractivity (Wildman–Crippen MR) is 109 cm³/mol. The van der Waals surface area contributed by atoms with Crippen LogP contribution in [0.25, 0.3) is 10.9 Å². The van der Waals surface area contributed by atoms with Crippen LogP contribution in [-0.4, -0.2) is 35.0 Å². The zero-order valence-corrected chi connectivity index (χ0v) is 16.9. The van der Waals surface area contributed by atoms with Crippen LogP contribution in [0.4, 0.5) is 5.82 Å². The Hall–Kier alpha value is -1.88. The molecule has 0 fully saturated rings. The molecule has 1 amide bonds. The third kappa shape index (κ3) is 5.31. The lowest BCUT2D eigenvalue weighted by Crippen LogP contribution is -2.36. The van der Waals surface area contributed by atoms with Gasteiger partial charge in [0.1, 0.15) is 11.6 Å². The minimum atomic E-state index is 0.0811. The molecule has 2 rings (SSSR count). The molecular weight excluding hydrogens is 348 g/mol. The molecule has 1 N–H and O–H groups in total. The lowest BCUT2D eigenvalue weighted by atomic mass is 10.2. The molecule has 0 aliphatic heterocycles. The van der Waals surface area contributed by atoms with Crippen LogP contribution in [0.3, 0.4) is 0 Å². The first-order chi connectivity index (χ1) is 12.5. The van der Waals surface area contributed by atoms with Gasteiger partial charge in [-0.25, -0.2) is 9.97 Å². The van der Waals surface area contributed by atoms with Crippen molar-refractivity contribution >= 4 is 34.2 Å². The normalized spacial score (nSPS) is 12.2. The molecule has 0 saturated heterocycles. The van der Waals surface area contributed by atoms with Gasteiger partial charge in [-0.3, -0.25) is 4.79 Å². The molecule has 0 bridgehead atoms. The number of benzene rings is 1. The number of hydrogen-bond donors (Lipinski definition) is 1. The first-order valence-corrected chi connectivity index (χ1v) is 9.86. The molecule has 0 radical (unpaired) electrons. The highest BCUT2D eigenvalue weighted by atomic mass is 35.5. The molecular formula is C20H29ClN4O. The second kappa shape index (κ2) is 9.72. The number of nitrogens with zero attached hydrogens (tertiary/aromatic N) is 3. The Kier molecular flexibility index (Phi) is 7.64. The third-order valence-electron chi connectivity index (χ3n) is 4.42. The fraction of sp³-hybridized carbons (Fsp3) is 0.550. The fourth-order valence-electron chi connectivity index (χ4n) is 2.81. The van der Waals surface area contributed by atoms with Gasteiger partial charge in [-0.2, -0.15) is 0 Å². The van der Waals surface area contributed by atoms with E-state index in [2.05, 4.69) is 29.0 Å². The summed E-state index contributed by atoms with van der Waals surface area (Å²) in [4.78, 5) is 23.7. The summed E-state index contributed by atoms with van der Waals surface area (Å²) in [6, 6.07) is 5.91. The van der Waals surface area contributed by atoms with Gasteiger partial charge in [-0.05, 0) is 38.0 Å². The number of carbonyl (C=O) groups excluding carboxylic acids is 1. The van der Waals surface area contributed by atoms with Crippen LogP contribution in [-0.2, 0) is 11.2 Å². The number of rotatable bonds is 9. The highest BCUT2D eigenvalue weighted by Gasteiger charge is 2.16. The maximum absolute atomic E-state index is 12.2. The van der Waals surface area contributed by atoms with E-state index in [0.717, 1.165) is 48.4 Å². The van der Waals surface area contributed by atoms with Crippen LogP contribution in [0.5, 0.6) is 0 Å². The van der Waals surface area contributed by atoms with Crippen molar-refractivity contribution in [2.24, 2.45) is 0 Å². The van der Waals surface area contributed by atoms with Crippen molar-refractivity contribution in [3.63, 3.8) is 0 Å². The Morgan fingerprint density at radius 3 is 2.65 bits per heavy atom. The van der Waals surface area contributed by atoms with Crippen molar-refractivity contribution < 1.29 is 4.79 Å². The minimum absolute atomic E-state index is 0.0811. The van der Waals surface area contributed by atoms with E-state index < -0.39 is 0 Å². The summed E-state index contributed by atoms with van der Waals surface area (Å²) in [6.45, 7) is 9.74. The summed E-state index contributed by atoms with van der Waals surface area (Å²) < 4.78 is 0. The van der Waals surface area contributed by atoms with E-state index in [1.165, 1.54) is 0 Å². The van der Waals surface area contributed by atoms with Crippen LogP contribution in [0.2, 0.25) is 5.02 Å².